The van der Waals surface area contributed by atoms with Crippen LogP contribution in [0, 0.1) is 5.92 Å². The van der Waals surface area contributed by atoms with Crippen LogP contribution in [0.2, 0.25) is 0 Å². The third-order valence-electron chi connectivity index (χ3n) is 2.54. The second-order valence-corrected chi connectivity index (χ2v) is 5.65. The molecule has 0 bridgehead atoms. The molecule has 2 rings (SSSR count). The summed E-state index contributed by atoms with van der Waals surface area (Å²) in [6, 6.07) is 0. The molecule has 2 aromatic heterocycles. The number of hydrogen-bond donors (Lipinski definition) is 2. The molecule has 0 unspecified atom stereocenters. The Morgan fingerprint density at radius 3 is 2.80 bits per heavy atom. The molecule has 0 saturated heterocycles. The normalized spacial score (nSPS) is 11.0. The zero-order chi connectivity index (χ0) is 14.7. The van der Waals surface area contributed by atoms with Crippen LogP contribution in [0.25, 0.3) is 11.5 Å². The summed E-state index contributed by atoms with van der Waals surface area (Å²) in [6.07, 6.45) is 0.711. The maximum Gasteiger partial charge on any atom is 0.325 e. The van der Waals surface area contributed by atoms with Crippen molar-refractivity contribution in [3.05, 3.63) is 11.2 Å². The van der Waals surface area contributed by atoms with Gasteiger partial charge in [-0.25, -0.2) is 14.6 Å². The lowest BCUT2D eigenvalue weighted by Crippen LogP contribution is -2.12. The quantitative estimate of drug-likeness (QED) is 0.843. The highest BCUT2D eigenvalue weighted by Crippen LogP contribution is 2.23. The molecular weight excluding hydrogens is 278 g/mol. The summed E-state index contributed by atoms with van der Waals surface area (Å²) in [4.78, 5) is 19.7. The van der Waals surface area contributed by atoms with Gasteiger partial charge in [0, 0.05) is 18.8 Å². The topological polar surface area (TPSA) is 92.9 Å². The van der Waals surface area contributed by atoms with Crippen molar-refractivity contribution in [1.82, 2.24) is 19.7 Å². The van der Waals surface area contributed by atoms with Crippen molar-refractivity contribution < 1.29 is 9.90 Å². The van der Waals surface area contributed by atoms with Crippen molar-refractivity contribution in [3.63, 3.8) is 0 Å². The van der Waals surface area contributed by atoms with Crippen LogP contribution < -0.4 is 5.32 Å². The third-order valence-corrected chi connectivity index (χ3v) is 3.40. The van der Waals surface area contributed by atoms with Gasteiger partial charge in [0.05, 0.1) is 0 Å². The zero-order valence-corrected chi connectivity index (χ0v) is 12.4. The lowest BCUT2D eigenvalue weighted by Gasteiger charge is -1.99. The highest BCUT2D eigenvalue weighted by atomic mass is 32.1. The predicted molar refractivity (Wildman–Crippen MR) is 76.9 cm³/mol. The third kappa shape index (κ3) is 3.32. The molecular formula is C12H17N5O2S. The first kappa shape index (κ1) is 14.4. The van der Waals surface area contributed by atoms with Gasteiger partial charge < -0.3 is 10.4 Å². The van der Waals surface area contributed by atoms with Crippen LogP contribution in [-0.2, 0) is 17.8 Å². The summed E-state index contributed by atoms with van der Waals surface area (Å²) in [6.45, 7) is 3.92. The smallest absolute Gasteiger partial charge is 0.325 e. The van der Waals surface area contributed by atoms with Crippen molar-refractivity contribution >= 4 is 22.4 Å². The van der Waals surface area contributed by atoms with E-state index in [-0.39, 0.29) is 6.54 Å². The van der Waals surface area contributed by atoms with Gasteiger partial charge in [0.25, 0.3) is 0 Å². The Morgan fingerprint density at radius 2 is 2.25 bits per heavy atom. The second-order valence-electron chi connectivity index (χ2n) is 4.79. The highest BCUT2D eigenvalue weighted by molar-refractivity contribution is 7.14. The van der Waals surface area contributed by atoms with Gasteiger partial charge in [-0.15, -0.1) is 11.3 Å². The molecule has 7 nitrogen and oxygen atoms in total. The van der Waals surface area contributed by atoms with E-state index >= 15 is 0 Å². The Labute approximate surface area is 120 Å². The van der Waals surface area contributed by atoms with E-state index in [4.69, 9.17) is 5.11 Å². The van der Waals surface area contributed by atoms with Gasteiger partial charge in [0.1, 0.15) is 12.2 Å². The van der Waals surface area contributed by atoms with Crippen LogP contribution in [-0.4, -0.2) is 37.9 Å². The zero-order valence-electron chi connectivity index (χ0n) is 11.6. The van der Waals surface area contributed by atoms with Crippen LogP contribution in [0.1, 0.15) is 19.7 Å². The first-order chi connectivity index (χ1) is 9.49. The van der Waals surface area contributed by atoms with Crippen molar-refractivity contribution in [2.24, 2.45) is 5.92 Å². The van der Waals surface area contributed by atoms with Crippen LogP contribution in [0.4, 0.5) is 5.13 Å². The Morgan fingerprint density at radius 1 is 1.50 bits per heavy atom. The number of thiazole rings is 1. The average molecular weight is 295 g/mol. The molecule has 0 spiro atoms. The van der Waals surface area contributed by atoms with Crippen LogP contribution in [0.15, 0.2) is 5.38 Å². The number of hydrogen-bond acceptors (Lipinski definition) is 6. The Balaban J connectivity index is 2.37. The van der Waals surface area contributed by atoms with Gasteiger partial charge in [0.2, 0.25) is 0 Å². The van der Waals surface area contributed by atoms with E-state index in [1.54, 1.807) is 7.05 Å². The van der Waals surface area contributed by atoms with Gasteiger partial charge >= 0.3 is 5.97 Å². The Hall–Kier alpha value is -1.96. The molecule has 0 aliphatic heterocycles. The summed E-state index contributed by atoms with van der Waals surface area (Å²) >= 11 is 1.44. The second kappa shape index (κ2) is 6.00. The fourth-order valence-corrected chi connectivity index (χ4v) is 2.41. The number of nitrogens with zero attached hydrogens (tertiary/aromatic N) is 4. The SMILES string of the molecule is CNc1nc(-c2nc(CC(C)C)nn2CC(=O)O)cs1. The van der Waals surface area contributed by atoms with E-state index in [1.165, 1.54) is 16.0 Å². The van der Waals surface area contributed by atoms with Crippen LogP contribution >= 0.6 is 11.3 Å². The fourth-order valence-electron chi connectivity index (χ4n) is 1.76. The Bertz CT molecular complexity index is 605. The number of aliphatic carboxylic acids is 1. The van der Waals surface area contributed by atoms with Gasteiger partial charge in [-0.05, 0) is 5.92 Å². The van der Waals surface area contributed by atoms with Gasteiger partial charge in [-0.1, -0.05) is 13.8 Å². The summed E-state index contributed by atoms with van der Waals surface area (Å²) in [7, 11) is 1.79. The minimum Gasteiger partial charge on any atom is -0.480 e. The molecule has 108 valence electrons. The molecule has 0 amide bonds. The van der Waals surface area contributed by atoms with Gasteiger partial charge in [-0.2, -0.15) is 5.10 Å². The van der Waals surface area contributed by atoms with Gasteiger partial charge in [-0.3, -0.25) is 4.79 Å². The number of aromatic nitrogens is 4. The maximum absolute atomic E-state index is 10.9. The molecule has 0 atom stereocenters. The monoisotopic (exact) mass is 295 g/mol. The minimum absolute atomic E-state index is 0.215. The molecule has 0 fully saturated rings. The van der Waals surface area contributed by atoms with E-state index in [0.717, 1.165) is 5.13 Å². The number of carbonyl (C=O) groups is 1. The number of rotatable bonds is 6. The molecule has 2 aromatic rings. The number of nitrogens with one attached hydrogen (secondary N) is 1. The number of anilines is 1. The standard InChI is InChI=1S/C12H17N5O2S/c1-7(2)4-9-15-11(17(16-9)5-10(18)19)8-6-20-12(13-3)14-8/h6-7H,4-5H2,1-3H3,(H,13,14)(H,18,19). The number of carboxylic acid groups (broad SMARTS) is 1. The van der Waals surface area contributed by atoms with E-state index in [0.29, 0.717) is 29.7 Å². The van der Waals surface area contributed by atoms with E-state index < -0.39 is 5.97 Å². The Kier molecular flexibility index (Phi) is 4.33. The van der Waals surface area contributed by atoms with Crippen molar-refractivity contribution in [2.45, 2.75) is 26.8 Å². The fraction of sp³-hybridized carbons (Fsp3) is 0.500. The molecule has 2 heterocycles. The molecule has 0 aliphatic rings. The molecule has 0 aliphatic carbocycles. The molecule has 0 aromatic carbocycles. The van der Waals surface area contributed by atoms with Crippen LogP contribution in [0.3, 0.4) is 0 Å². The molecule has 2 N–H and O–H groups in total. The predicted octanol–water partition coefficient (Wildman–Crippen LogP) is 1.73. The maximum atomic E-state index is 10.9. The summed E-state index contributed by atoms with van der Waals surface area (Å²) in [5.41, 5.74) is 0.642. The average Bonchev–Trinajstić information content (AvgIpc) is 2.94. The lowest BCUT2D eigenvalue weighted by molar-refractivity contribution is -0.137. The van der Waals surface area contributed by atoms with Crippen LogP contribution in [0.5, 0.6) is 0 Å². The first-order valence-electron chi connectivity index (χ1n) is 6.28. The van der Waals surface area contributed by atoms with Crippen molar-refractivity contribution in [2.75, 3.05) is 12.4 Å². The molecule has 8 heteroatoms. The van der Waals surface area contributed by atoms with E-state index in [1.807, 2.05) is 5.38 Å². The first-order valence-corrected chi connectivity index (χ1v) is 7.16. The lowest BCUT2D eigenvalue weighted by atomic mass is 10.1. The summed E-state index contributed by atoms with van der Waals surface area (Å²) in [5, 5.41) is 18.8. The minimum atomic E-state index is -0.948. The molecule has 0 saturated carbocycles. The summed E-state index contributed by atoms with van der Waals surface area (Å²) in [5.74, 6) is 0.610. The van der Waals surface area contributed by atoms with E-state index in [2.05, 4.69) is 34.2 Å². The molecule has 0 radical (unpaired) electrons. The van der Waals surface area contributed by atoms with E-state index in [9.17, 15) is 4.79 Å². The van der Waals surface area contributed by atoms with Crippen molar-refractivity contribution in [1.29, 1.82) is 0 Å². The summed E-state index contributed by atoms with van der Waals surface area (Å²) < 4.78 is 1.40. The largest absolute Gasteiger partial charge is 0.480 e. The number of carboxylic acids is 1. The molecule has 20 heavy (non-hydrogen) atoms. The highest BCUT2D eigenvalue weighted by Gasteiger charge is 2.17. The van der Waals surface area contributed by atoms with Crippen molar-refractivity contribution in [3.8, 4) is 11.5 Å². The van der Waals surface area contributed by atoms with Gasteiger partial charge in [0.15, 0.2) is 16.8 Å².